The van der Waals surface area contributed by atoms with Crippen LogP contribution in [0.15, 0.2) is 24.3 Å². The molecule has 35 heavy (non-hydrogen) atoms. The summed E-state index contributed by atoms with van der Waals surface area (Å²) >= 11 is 0. The number of nitrogens with one attached hydrogen (secondary N) is 1. The van der Waals surface area contributed by atoms with Gasteiger partial charge in [-0.2, -0.15) is 0 Å². The maximum absolute atomic E-state index is 13.5. The zero-order valence-corrected chi connectivity index (χ0v) is 21.0. The van der Waals surface area contributed by atoms with Crippen LogP contribution < -0.4 is 10.1 Å². The van der Waals surface area contributed by atoms with E-state index in [0.29, 0.717) is 49.0 Å². The standard InChI is InChI=1S/C25H33N5O5/c1-6-8-20-21(24(32)35-7-2)22(27-17(4)26-20)23(31)29-13-14-30(16(3)15-29)25(33)28-18-9-11-19(34-5)12-10-18/h9-12,16H,6-8,13-15H2,1-5H3,(H,28,33). The van der Waals surface area contributed by atoms with Crippen LogP contribution >= 0.6 is 0 Å². The number of carbonyl (C=O) groups is 3. The monoisotopic (exact) mass is 483 g/mol. The maximum atomic E-state index is 13.5. The highest BCUT2D eigenvalue weighted by Crippen LogP contribution is 2.21. The van der Waals surface area contributed by atoms with Crippen LogP contribution in [0.25, 0.3) is 0 Å². The number of carbonyl (C=O) groups excluding carboxylic acids is 3. The van der Waals surface area contributed by atoms with Crippen LogP contribution in [0.4, 0.5) is 10.5 Å². The molecule has 3 rings (SSSR count). The Morgan fingerprint density at radius 3 is 2.43 bits per heavy atom. The number of benzene rings is 1. The lowest BCUT2D eigenvalue weighted by molar-refractivity contribution is 0.0502. The second kappa shape index (κ2) is 11.6. The normalized spacial score (nSPS) is 15.5. The van der Waals surface area contributed by atoms with Crippen LogP contribution in [-0.2, 0) is 11.2 Å². The van der Waals surface area contributed by atoms with Crippen LogP contribution in [0.1, 0.15) is 59.6 Å². The molecule has 0 aliphatic carbocycles. The number of piperazine rings is 1. The summed E-state index contributed by atoms with van der Waals surface area (Å²) in [5, 5.41) is 2.88. The fourth-order valence-corrected chi connectivity index (χ4v) is 4.08. The summed E-state index contributed by atoms with van der Waals surface area (Å²) in [6, 6.07) is 6.59. The molecule has 10 nitrogen and oxygen atoms in total. The number of hydrogen-bond acceptors (Lipinski definition) is 7. The molecule has 1 aliphatic heterocycles. The van der Waals surface area contributed by atoms with E-state index in [1.54, 1.807) is 55.0 Å². The Morgan fingerprint density at radius 2 is 1.83 bits per heavy atom. The van der Waals surface area contributed by atoms with Gasteiger partial charge in [0, 0.05) is 31.4 Å². The molecule has 3 amide bonds. The molecule has 1 saturated heterocycles. The number of aryl methyl sites for hydroxylation is 2. The van der Waals surface area contributed by atoms with Gasteiger partial charge in [-0.3, -0.25) is 4.79 Å². The number of rotatable bonds is 7. The van der Waals surface area contributed by atoms with Gasteiger partial charge in [0.25, 0.3) is 5.91 Å². The third-order valence-electron chi connectivity index (χ3n) is 5.78. The first kappa shape index (κ1) is 25.9. The Morgan fingerprint density at radius 1 is 1.11 bits per heavy atom. The van der Waals surface area contributed by atoms with E-state index in [-0.39, 0.29) is 35.8 Å². The van der Waals surface area contributed by atoms with Gasteiger partial charge in [0.1, 0.15) is 22.8 Å². The Labute approximate surface area is 205 Å². The quantitative estimate of drug-likeness (QED) is 0.601. The number of hydrogen-bond donors (Lipinski definition) is 1. The Bertz CT molecular complexity index is 1070. The van der Waals surface area contributed by atoms with Crippen LogP contribution in [-0.4, -0.2) is 77.1 Å². The molecule has 0 spiro atoms. The van der Waals surface area contributed by atoms with Crippen molar-refractivity contribution in [1.82, 2.24) is 19.8 Å². The van der Waals surface area contributed by atoms with Gasteiger partial charge in [0.2, 0.25) is 0 Å². The third kappa shape index (κ3) is 6.06. The highest BCUT2D eigenvalue weighted by molar-refractivity contribution is 6.04. The van der Waals surface area contributed by atoms with Crippen molar-refractivity contribution in [3.05, 3.63) is 47.0 Å². The molecule has 1 aromatic carbocycles. The van der Waals surface area contributed by atoms with Gasteiger partial charge >= 0.3 is 12.0 Å². The second-order valence-corrected chi connectivity index (χ2v) is 8.36. The minimum atomic E-state index is -0.593. The molecule has 0 bridgehead atoms. The van der Waals surface area contributed by atoms with Crippen LogP contribution in [0.2, 0.25) is 0 Å². The van der Waals surface area contributed by atoms with Crippen LogP contribution in [0, 0.1) is 6.92 Å². The lowest BCUT2D eigenvalue weighted by Crippen LogP contribution is -2.56. The first-order valence-corrected chi connectivity index (χ1v) is 11.8. The van der Waals surface area contributed by atoms with Crippen LogP contribution in [0.3, 0.4) is 0 Å². The number of nitrogens with zero attached hydrogens (tertiary/aromatic N) is 4. The van der Waals surface area contributed by atoms with Gasteiger partial charge in [-0.25, -0.2) is 19.6 Å². The lowest BCUT2D eigenvalue weighted by atomic mass is 10.1. The summed E-state index contributed by atoms with van der Waals surface area (Å²) in [6.07, 6.45) is 1.29. The van der Waals surface area contributed by atoms with Crippen molar-refractivity contribution in [1.29, 1.82) is 0 Å². The molecular formula is C25H33N5O5. The van der Waals surface area contributed by atoms with Crippen molar-refractivity contribution in [2.75, 3.05) is 38.7 Å². The van der Waals surface area contributed by atoms with Gasteiger partial charge in [-0.1, -0.05) is 13.3 Å². The second-order valence-electron chi connectivity index (χ2n) is 8.36. The molecular weight excluding hydrogens is 450 g/mol. The molecule has 1 unspecified atom stereocenters. The van der Waals surface area contributed by atoms with Gasteiger partial charge in [0.15, 0.2) is 0 Å². The maximum Gasteiger partial charge on any atom is 0.342 e. The number of anilines is 1. The summed E-state index contributed by atoms with van der Waals surface area (Å²) in [5.74, 6) is 0.172. The number of ether oxygens (including phenoxy) is 2. The van der Waals surface area contributed by atoms with E-state index in [2.05, 4.69) is 15.3 Å². The van der Waals surface area contributed by atoms with Crippen molar-refractivity contribution < 1.29 is 23.9 Å². The SMILES string of the molecule is CCCc1nc(C)nc(C(=O)N2CCN(C(=O)Nc3ccc(OC)cc3)C(C)C2)c1C(=O)OCC. The fraction of sp³-hybridized carbons (Fsp3) is 0.480. The molecule has 1 atom stereocenters. The summed E-state index contributed by atoms with van der Waals surface area (Å²) in [7, 11) is 1.58. The van der Waals surface area contributed by atoms with Crippen molar-refractivity contribution in [2.24, 2.45) is 0 Å². The van der Waals surface area contributed by atoms with E-state index in [4.69, 9.17) is 9.47 Å². The molecule has 2 heterocycles. The highest BCUT2D eigenvalue weighted by Gasteiger charge is 2.34. The molecule has 1 aliphatic rings. The summed E-state index contributed by atoms with van der Waals surface area (Å²) in [6.45, 7) is 8.43. The minimum absolute atomic E-state index is 0.0581. The van der Waals surface area contributed by atoms with E-state index in [0.717, 1.165) is 6.42 Å². The molecule has 0 saturated carbocycles. The molecule has 1 N–H and O–H groups in total. The average molecular weight is 484 g/mol. The first-order valence-electron chi connectivity index (χ1n) is 11.8. The molecule has 1 aromatic heterocycles. The Kier molecular flexibility index (Phi) is 8.62. The Hall–Kier alpha value is -3.69. The largest absolute Gasteiger partial charge is 0.497 e. The fourth-order valence-electron chi connectivity index (χ4n) is 4.08. The molecule has 10 heteroatoms. The number of esters is 1. The van der Waals surface area contributed by atoms with Gasteiger partial charge in [-0.05, 0) is 51.5 Å². The first-order chi connectivity index (χ1) is 16.8. The predicted molar refractivity (Wildman–Crippen MR) is 131 cm³/mol. The van der Waals surface area contributed by atoms with Gasteiger partial charge < -0.3 is 24.6 Å². The third-order valence-corrected chi connectivity index (χ3v) is 5.78. The average Bonchev–Trinajstić information content (AvgIpc) is 2.83. The number of aromatic nitrogens is 2. The number of methoxy groups -OCH3 is 1. The van der Waals surface area contributed by atoms with Crippen molar-refractivity contribution in [3.63, 3.8) is 0 Å². The highest BCUT2D eigenvalue weighted by atomic mass is 16.5. The van der Waals surface area contributed by atoms with E-state index >= 15 is 0 Å². The van der Waals surface area contributed by atoms with Crippen molar-refractivity contribution in [2.45, 2.75) is 46.6 Å². The van der Waals surface area contributed by atoms with Gasteiger partial charge in [0.05, 0.1) is 19.4 Å². The summed E-state index contributed by atoms with van der Waals surface area (Å²) in [5.41, 5.74) is 1.37. The molecule has 0 radical (unpaired) electrons. The zero-order chi connectivity index (χ0) is 25.5. The van der Waals surface area contributed by atoms with Crippen molar-refractivity contribution in [3.8, 4) is 5.75 Å². The topological polar surface area (TPSA) is 114 Å². The minimum Gasteiger partial charge on any atom is -0.497 e. The molecule has 188 valence electrons. The summed E-state index contributed by atoms with van der Waals surface area (Å²) < 4.78 is 10.4. The van der Waals surface area contributed by atoms with Crippen molar-refractivity contribution >= 4 is 23.6 Å². The lowest BCUT2D eigenvalue weighted by Gasteiger charge is -2.39. The number of amides is 3. The van der Waals surface area contributed by atoms with Crippen LogP contribution in [0.5, 0.6) is 5.75 Å². The predicted octanol–water partition coefficient (Wildman–Crippen LogP) is 3.30. The van der Waals surface area contributed by atoms with E-state index in [1.165, 1.54) is 0 Å². The Balaban J connectivity index is 1.76. The van der Waals surface area contributed by atoms with E-state index in [9.17, 15) is 14.4 Å². The zero-order valence-electron chi connectivity index (χ0n) is 21.0. The van der Waals surface area contributed by atoms with E-state index < -0.39 is 5.97 Å². The van der Waals surface area contributed by atoms with E-state index in [1.807, 2.05) is 13.8 Å². The number of urea groups is 1. The van der Waals surface area contributed by atoms with Gasteiger partial charge in [-0.15, -0.1) is 0 Å². The molecule has 2 aromatic rings. The smallest absolute Gasteiger partial charge is 0.342 e. The molecule has 1 fully saturated rings. The summed E-state index contributed by atoms with van der Waals surface area (Å²) in [4.78, 5) is 51.2.